The zero-order valence-electron chi connectivity index (χ0n) is 15.7. The van der Waals surface area contributed by atoms with Crippen LogP contribution in [0.3, 0.4) is 0 Å². The van der Waals surface area contributed by atoms with Crippen molar-refractivity contribution in [2.24, 2.45) is 5.10 Å². The highest BCUT2D eigenvalue weighted by molar-refractivity contribution is 6.34. The summed E-state index contributed by atoms with van der Waals surface area (Å²) < 4.78 is 0. The average molecular weight is 404 g/mol. The Morgan fingerprint density at radius 2 is 1.78 bits per heavy atom. The lowest BCUT2D eigenvalue weighted by Crippen LogP contribution is -2.39. The van der Waals surface area contributed by atoms with Gasteiger partial charge >= 0.3 is 0 Å². The van der Waals surface area contributed by atoms with Gasteiger partial charge in [0, 0.05) is 28.1 Å². The summed E-state index contributed by atoms with van der Waals surface area (Å²) in [7, 11) is 1.93. The Morgan fingerprint density at radius 1 is 1.15 bits per heavy atom. The normalized spacial score (nSPS) is 16.9. The third-order valence-electron chi connectivity index (χ3n) is 4.88. The zero-order valence-corrected chi connectivity index (χ0v) is 17.2. The molecular formula is C21H23Cl2N3O. The van der Waals surface area contributed by atoms with Crippen LogP contribution in [0.4, 0.5) is 0 Å². The smallest absolute Gasteiger partial charge is 0.257 e. The second kappa shape index (κ2) is 8.42. The monoisotopic (exact) mass is 403 g/mol. The molecular weight excluding hydrogens is 381 g/mol. The Hall–Kier alpha value is -1.88. The number of hydrazone groups is 1. The first-order valence-corrected chi connectivity index (χ1v) is 9.73. The Balaban J connectivity index is 1.96. The molecule has 27 heavy (non-hydrogen) atoms. The Labute approximate surface area is 170 Å². The van der Waals surface area contributed by atoms with E-state index in [2.05, 4.69) is 18.9 Å². The van der Waals surface area contributed by atoms with Crippen LogP contribution in [0.2, 0.25) is 10.0 Å². The maximum Gasteiger partial charge on any atom is 0.257 e. The van der Waals surface area contributed by atoms with Crippen LogP contribution < -0.4 is 0 Å². The van der Waals surface area contributed by atoms with Crippen LogP contribution in [-0.2, 0) is 4.79 Å². The van der Waals surface area contributed by atoms with Gasteiger partial charge in [-0.1, -0.05) is 59.6 Å². The number of likely N-dealkylation sites (N-methyl/N-ethyl adjacent to an activating group) is 1. The van der Waals surface area contributed by atoms with E-state index in [4.69, 9.17) is 23.2 Å². The van der Waals surface area contributed by atoms with Crippen LogP contribution in [-0.4, -0.2) is 41.2 Å². The van der Waals surface area contributed by atoms with E-state index in [1.165, 1.54) is 0 Å². The molecule has 0 spiro atoms. The van der Waals surface area contributed by atoms with Gasteiger partial charge in [0.05, 0.1) is 18.3 Å². The van der Waals surface area contributed by atoms with Gasteiger partial charge < -0.3 is 0 Å². The summed E-state index contributed by atoms with van der Waals surface area (Å²) in [5.41, 5.74) is 2.54. The Kier molecular flexibility index (Phi) is 6.20. The molecule has 1 aliphatic heterocycles. The van der Waals surface area contributed by atoms with Gasteiger partial charge in [0.2, 0.25) is 0 Å². The third kappa shape index (κ3) is 4.34. The van der Waals surface area contributed by atoms with Gasteiger partial charge in [-0.15, -0.1) is 0 Å². The van der Waals surface area contributed by atoms with Crippen molar-refractivity contribution >= 4 is 34.8 Å². The number of nitrogens with zero attached hydrogens (tertiary/aromatic N) is 3. The summed E-state index contributed by atoms with van der Waals surface area (Å²) in [5, 5.41) is 7.49. The fourth-order valence-electron chi connectivity index (χ4n) is 3.05. The van der Waals surface area contributed by atoms with Gasteiger partial charge in [-0.25, -0.2) is 5.01 Å². The molecule has 0 aromatic heterocycles. The molecule has 0 saturated heterocycles. The number of carbonyl (C=O) groups excluding carboxylic acids is 1. The first-order chi connectivity index (χ1) is 12.9. The zero-order chi connectivity index (χ0) is 19.6. The minimum Gasteiger partial charge on any atom is -0.295 e. The van der Waals surface area contributed by atoms with Crippen LogP contribution in [0.1, 0.15) is 37.4 Å². The molecule has 2 aromatic rings. The quantitative estimate of drug-likeness (QED) is 0.702. The van der Waals surface area contributed by atoms with E-state index in [-0.39, 0.29) is 24.5 Å². The van der Waals surface area contributed by atoms with Gasteiger partial charge in [0.15, 0.2) is 0 Å². The lowest BCUT2D eigenvalue weighted by atomic mass is 9.98. The first kappa shape index (κ1) is 19.9. The number of benzene rings is 2. The molecule has 6 heteroatoms. The van der Waals surface area contributed by atoms with Crippen LogP contribution in [0, 0.1) is 0 Å². The summed E-state index contributed by atoms with van der Waals surface area (Å²) in [5.74, 6) is -0.0572. The van der Waals surface area contributed by atoms with Crippen molar-refractivity contribution < 1.29 is 4.79 Å². The molecule has 3 rings (SSSR count). The number of halogens is 2. The van der Waals surface area contributed by atoms with E-state index < -0.39 is 0 Å². The molecule has 0 fully saturated rings. The predicted octanol–water partition coefficient (Wildman–Crippen LogP) is 5.01. The highest BCUT2D eigenvalue weighted by Gasteiger charge is 2.35. The van der Waals surface area contributed by atoms with Gasteiger partial charge in [0.1, 0.15) is 0 Å². The van der Waals surface area contributed by atoms with Crippen LogP contribution in [0.15, 0.2) is 53.6 Å². The maximum atomic E-state index is 13.0. The van der Waals surface area contributed by atoms with Crippen LogP contribution >= 0.6 is 23.2 Å². The van der Waals surface area contributed by atoms with E-state index in [1.807, 2.05) is 60.5 Å². The topological polar surface area (TPSA) is 35.9 Å². The van der Waals surface area contributed by atoms with E-state index in [0.717, 1.165) is 16.8 Å². The van der Waals surface area contributed by atoms with Crippen molar-refractivity contribution in [3.8, 4) is 0 Å². The molecule has 1 amide bonds. The van der Waals surface area contributed by atoms with Gasteiger partial charge in [-0.05, 0) is 38.6 Å². The van der Waals surface area contributed by atoms with E-state index in [1.54, 1.807) is 5.01 Å². The van der Waals surface area contributed by atoms with Crippen molar-refractivity contribution in [2.45, 2.75) is 32.4 Å². The second-order valence-electron chi connectivity index (χ2n) is 7.02. The number of rotatable bonds is 5. The summed E-state index contributed by atoms with van der Waals surface area (Å²) in [4.78, 5) is 15.0. The van der Waals surface area contributed by atoms with Crippen molar-refractivity contribution in [1.29, 1.82) is 0 Å². The van der Waals surface area contributed by atoms with Crippen LogP contribution in [0.5, 0.6) is 0 Å². The molecule has 1 atom stereocenters. The SMILES string of the molecule is CC(C)N(C)CC(=O)N1N=C(c2ccccc2Cl)CC1c1ccccc1Cl. The number of hydrogen-bond acceptors (Lipinski definition) is 3. The second-order valence-corrected chi connectivity index (χ2v) is 7.83. The largest absolute Gasteiger partial charge is 0.295 e. The highest BCUT2D eigenvalue weighted by atomic mass is 35.5. The molecule has 1 heterocycles. The minimum absolute atomic E-state index is 0.0572. The standard InChI is InChI=1S/C21H23Cl2N3O/c1-14(2)25(3)13-21(27)26-20(16-9-5-7-11-18(16)23)12-19(24-26)15-8-4-6-10-17(15)22/h4-11,14,20H,12-13H2,1-3H3. The van der Waals surface area contributed by atoms with Crippen LogP contribution in [0.25, 0.3) is 0 Å². The summed E-state index contributed by atoms with van der Waals surface area (Å²) in [6.45, 7) is 4.40. The summed E-state index contributed by atoms with van der Waals surface area (Å²) in [6, 6.07) is 15.2. The maximum absolute atomic E-state index is 13.0. The Morgan fingerprint density at radius 3 is 2.41 bits per heavy atom. The molecule has 0 radical (unpaired) electrons. The van der Waals surface area contributed by atoms with Gasteiger partial charge in [0.25, 0.3) is 5.91 Å². The van der Waals surface area contributed by atoms with Crippen molar-refractivity contribution in [3.05, 3.63) is 69.7 Å². The first-order valence-electron chi connectivity index (χ1n) is 8.97. The molecule has 2 aromatic carbocycles. The fraction of sp³-hybridized carbons (Fsp3) is 0.333. The molecule has 0 N–H and O–H groups in total. The number of hydrogen-bond donors (Lipinski definition) is 0. The number of amides is 1. The van der Waals surface area contributed by atoms with E-state index in [9.17, 15) is 4.79 Å². The average Bonchev–Trinajstić information content (AvgIpc) is 3.07. The number of carbonyl (C=O) groups is 1. The molecule has 1 aliphatic rings. The van der Waals surface area contributed by atoms with Crippen molar-refractivity contribution in [3.63, 3.8) is 0 Å². The van der Waals surface area contributed by atoms with Crippen molar-refractivity contribution in [1.82, 2.24) is 9.91 Å². The van der Waals surface area contributed by atoms with Gasteiger partial charge in [-0.2, -0.15) is 5.10 Å². The molecule has 142 valence electrons. The lowest BCUT2D eigenvalue weighted by Gasteiger charge is -2.26. The summed E-state index contributed by atoms with van der Waals surface area (Å²) in [6.07, 6.45) is 0.574. The third-order valence-corrected chi connectivity index (χ3v) is 5.55. The summed E-state index contributed by atoms with van der Waals surface area (Å²) >= 11 is 12.8. The van der Waals surface area contributed by atoms with Crippen molar-refractivity contribution in [2.75, 3.05) is 13.6 Å². The molecule has 4 nitrogen and oxygen atoms in total. The molecule has 0 saturated carbocycles. The van der Waals surface area contributed by atoms with Gasteiger partial charge in [-0.3, -0.25) is 9.69 Å². The molecule has 0 bridgehead atoms. The van der Waals surface area contributed by atoms with E-state index in [0.29, 0.717) is 16.5 Å². The predicted molar refractivity (Wildman–Crippen MR) is 111 cm³/mol. The lowest BCUT2D eigenvalue weighted by molar-refractivity contribution is -0.134. The Bertz CT molecular complexity index is 866. The molecule has 1 unspecified atom stereocenters. The fourth-order valence-corrected chi connectivity index (χ4v) is 3.56. The molecule has 0 aliphatic carbocycles. The highest BCUT2D eigenvalue weighted by Crippen LogP contribution is 2.37. The minimum atomic E-state index is -0.238. The van der Waals surface area contributed by atoms with E-state index >= 15 is 0 Å².